The van der Waals surface area contributed by atoms with Crippen LogP contribution in [0, 0.1) is 5.92 Å². The van der Waals surface area contributed by atoms with Crippen molar-refractivity contribution in [1.82, 2.24) is 15.0 Å². The molecule has 4 rings (SSSR count). The second kappa shape index (κ2) is 4.94. The fourth-order valence-electron chi connectivity index (χ4n) is 3.23. The van der Waals surface area contributed by atoms with Gasteiger partial charge in [-0.2, -0.15) is 0 Å². The maximum Gasteiger partial charge on any atom is 0.230 e. The van der Waals surface area contributed by atoms with Crippen LogP contribution < -0.4 is 4.90 Å². The summed E-state index contributed by atoms with van der Waals surface area (Å²) in [5.74, 6) is 0.323. The fourth-order valence-corrected chi connectivity index (χ4v) is 3.23. The van der Waals surface area contributed by atoms with Crippen molar-refractivity contribution >= 4 is 22.8 Å². The number of nitrogens with one attached hydrogen (secondary N) is 1. The minimum absolute atomic E-state index is 0.0338. The normalized spacial score (nSPS) is 21.7. The molecule has 0 saturated carbocycles. The average molecular weight is 292 g/mol. The Bertz CT molecular complexity index is 827. The van der Waals surface area contributed by atoms with E-state index in [4.69, 9.17) is 0 Å². The van der Waals surface area contributed by atoms with E-state index in [1.807, 2.05) is 36.1 Å². The second-order valence-corrected chi connectivity index (χ2v) is 5.69. The molecular weight excluding hydrogens is 276 g/mol. The molecule has 5 heteroatoms. The molecule has 1 aromatic carbocycles. The third-order valence-corrected chi connectivity index (χ3v) is 4.46. The molecule has 2 atom stereocenters. The van der Waals surface area contributed by atoms with Crippen LogP contribution in [-0.2, 0) is 4.79 Å². The number of hydrogen-bond donors (Lipinski definition) is 1. The molecule has 0 aliphatic carbocycles. The highest BCUT2D eigenvalue weighted by Gasteiger charge is 2.39. The van der Waals surface area contributed by atoms with Gasteiger partial charge in [-0.15, -0.1) is 0 Å². The zero-order valence-electron chi connectivity index (χ0n) is 12.2. The van der Waals surface area contributed by atoms with E-state index in [2.05, 4.69) is 27.1 Å². The van der Waals surface area contributed by atoms with Gasteiger partial charge in [0.2, 0.25) is 5.91 Å². The highest BCUT2D eigenvalue weighted by Crippen LogP contribution is 2.37. The molecule has 0 spiro atoms. The lowest BCUT2D eigenvalue weighted by Gasteiger charge is -2.17. The number of hydrogen-bond acceptors (Lipinski definition) is 3. The fraction of sp³-hybridized carbons (Fsp3) is 0.235. The van der Waals surface area contributed by atoms with Crippen LogP contribution in [0.1, 0.15) is 18.4 Å². The summed E-state index contributed by atoms with van der Waals surface area (Å²) in [5, 5.41) is 0. The number of aromatic nitrogens is 3. The summed E-state index contributed by atoms with van der Waals surface area (Å²) in [6, 6.07) is 12.1. The lowest BCUT2D eigenvalue weighted by atomic mass is 9.90. The molecule has 22 heavy (non-hydrogen) atoms. The van der Waals surface area contributed by atoms with Gasteiger partial charge in [0.05, 0.1) is 12.0 Å². The summed E-state index contributed by atoms with van der Waals surface area (Å²) in [7, 11) is 0. The molecule has 1 aliphatic rings. The van der Waals surface area contributed by atoms with Crippen molar-refractivity contribution in [3.63, 3.8) is 0 Å². The Labute approximate surface area is 128 Å². The van der Waals surface area contributed by atoms with E-state index in [1.54, 1.807) is 12.5 Å². The summed E-state index contributed by atoms with van der Waals surface area (Å²) in [4.78, 5) is 26.0. The number of rotatable bonds is 2. The molecule has 2 unspecified atom stereocenters. The zero-order chi connectivity index (χ0) is 15.1. The standard InChI is InChI=1S/C17H16N4O/c1-11-13(12-5-3-2-4-6-12)9-21(17(11)22)14-7-8-18-16-15(14)19-10-20-16/h2-8,10-11,13H,9H2,1H3,(H,18,19,20). The summed E-state index contributed by atoms with van der Waals surface area (Å²) in [6.45, 7) is 2.69. The van der Waals surface area contributed by atoms with Gasteiger partial charge < -0.3 is 9.88 Å². The Hall–Kier alpha value is -2.69. The molecule has 3 aromatic rings. The maximum atomic E-state index is 12.7. The van der Waals surface area contributed by atoms with Crippen LogP contribution in [0.2, 0.25) is 0 Å². The Balaban J connectivity index is 1.75. The number of carbonyl (C=O) groups excluding carboxylic acids is 1. The van der Waals surface area contributed by atoms with Gasteiger partial charge in [0, 0.05) is 24.6 Å². The minimum atomic E-state index is -0.0338. The topological polar surface area (TPSA) is 61.9 Å². The molecule has 1 N–H and O–H groups in total. The number of aromatic amines is 1. The van der Waals surface area contributed by atoms with Gasteiger partial charge in [0.25, 0.3) is 0 Å². The Morgan fingerprint density at radius 2 is 2.00 bits per heavy atom. The summed E-state index contributed by atoms with van der Waals surface area (Å²) >= 11 is 0. The summed E-state index contributed by atoms with van der Waals surface area (Å²) < 4.78 is 0. The first-order chi connectivity index (χ1) is 10.8. The molecule has 5 nitrogen and oxygen atoms in total. The molecule has 1 aliphatic heterocycles. The number of benzene rings is 1. The van der Waals surface area contributed by atoms with Crippen LogP contribution in [0.3, 0.4) is 0 Å². The van der Waals surface area contributed by atoms with Gasteiger partial charge in [-0.05, 0) is 11.6 Å². The third kappa shape index (κ3) is 1.89. The highest BCUT2D eigenvalue weighted by atomic mass is 16.2. The molecule has 0 bridgehead atoms. The van der Waals surface area contributed by atoms with E-state index in [1.165, 1.54) is 5.56 Å². The maximum absolute atomic E-state index is 12.7. The number of pyridine rings is 1. The number of amides is 1. The van der Waals surface area contributed by atoms with Crippen molar-refractivity contribution in [2.75, 3.05) is 11.4 Å². The van der Waals surface area contributed by atoms with Crippen molar-refractivity contribution in [2.24, 2.45) is 5.92 Å². The Morgan fingerprint density at radius 1 is 1.18 bits per heavy atom. The summed E-state index contributed by atoms with van der Waals surface area (Å²) in [6.07, 6.45) is 3.31. The van der Waals surface area contributed by atoms with Gasteiger partial charge in [0.15, 0.2) is 5.65 Å². The van der Waals surface area contributed by atoms with Crippen molar-refractivity contribution in [3.8, 4) is 0 Å². The van der Waals surface area contributed by atoms with Crippen molar-refractivity contribution in [2.45, 2.75) is 12.8 Å². The third-order valence-electron chi connectivity index (χ3n) is 4.46. The highest BCUT2D eigenvalue weighted by molar-refractivity contribution is 6.03. The number of fused-ring (bicyclic) bond motifs is 1. The van der Waals surface area contributed by atoms with E-state index in [-0.39, 0.29) is 17.7 Å². The van der Waals surface area contributed by atoms with E-state index in [9.17, 15) is 4.79 Å². The van der Waals surface area contributed by atoms with Gasteiger partial charge in [-0.3, -0.25) is 4.79 Å². The molecule has 110 valence electrons. The molecule has 1 fully saturated rings. The zero-order valence-corrected chi connectivity index (χ0v) is 12.2. The molecule has 0 radical (unpaired) electrons. The quantitative estimate of drug-likeness (QED) is 0.790. The SMILES string of the molecule is CC1C(=O)N(c2ccnc3nc[nH]c23)CC1c1ccccc1. The van der Waals surface area contributed by atoms with Crippen LogP contribution in [0.4, 0.5) is 5.69 Å². The average Bonchev–Trinajstić information content (AvgIpc) is 3.14. The first-order valence-electron chi connectivity index (χ1n) is 7.40. The molecular formula is C17H16N4O. The number of carbonyl (C=O) groups is 1. The van der Waals surface area contributed by atoms with Crippen LogP contribution in [0.15, 0.2) is 48.9 Å². The van der Waals surface area contributed by atoms with Gasteiger partial charge in [0.1, 0.15) is 5.52 Å². The monoisotopic (exact) mass is 292 g/mol. The summed E-state index contributed by atoms with van der Waals surface area (Å²) in [5.41, 5.74) is 3.52. The van der Waals surface area contributed by atoms with Crippen LogP contribution in [-0.4, -0.2) is 27.4 Å². The number of anilines is 1. The van der Waals surface area contributed by atoms with Crippen molar-refractivity contribution < 1.29 is 4.79 Å². The molecule has 1 saturated heterocycles. The number of imidazole rings is 1. The first kappa shape index (κ1) is 13.0. The molecule has 2 aromatic heterocycles. The van der Waals surface area contributed by atoms with Gasteiger partial charge in [-0.1, -0.05) is 37.3 Å². The molecule has 3 heterocycles. The van der Waals surface area contributed by atoms with Crippen molar-refractivity contribution in [3.05, 3.63) is 54.5 Å². The second-order valence-electron chi connectivity index (χ2n) is 5.69. The van der Waals surface area contributed by atoms with Crippen LogP contribution >= 0.6 is 0 Å². The Kier molecular flexibility index (Phi) is 2.92. The minimum Gasteiger partial charge on any atom is -0.341 e. The lowest BCUT2D eigenvalue weighted by molar-refractivity contribution is -0.120. The van der Waals surface area contributed by atoms with E-state index in [0.29, 0.717) is 12.2 Å². The predicted molar refractivity (Wildman–Crippen MR) is 84.6 cm³/mol. The van der Waals surface area contributed by atoms with Crippen LogP contribution in [0.5, 0.6) is 0 Å². The Morgan fingerprint density at radius 3 is 2.82 bits per heavy atom. The van der Waals surface area contributed by atoms with E-state index < -0.39 is 0 Å². The smallest absolute Gasteiger partial charge is 0.230 e. The predicted octanol–water partition coefficient (Wildman–Crippen LogP) is 2.72. The number of nitrogens with zero attached hydrogens (tertiary/aromatic N) is 3. The molecule has 1 amide bonds. The van der Waals surface area contributed by atoms with Crippen LogP contribution in [0.25, 0.3) is 11.2 Å². The number of H-pyrrole nitrogens is 1. The lowest BCUT2D eigenvalue weighted by Crippen LogP contribution is -2.26. The first-order valence-corrected chi connectivity index (χ1v) is 7.40. The van der Waals surface area contributed by atoms with E-state index in [0.717, 1.165) is 11.2 Å². The van der Waals surface area contributed by atoms with Crippen molar-refractivity contribution in [1.29, 1.82) is 0 Å². The van der Waals surface area contributed by atoms with E-state index >= 15 is 0 Å². The van der Waals surface area contributed by atoms with Gasteiger partial charge >= 0.3 is 0 Å². The largest absolute Gasteiger partial charge is 0.341 e. The van der Waals surface area contributed by atoms with Gasteiger partial charge in [-0.25, -0.2) is 9.97 Å².